The van der Waals surface area contributed by atoms with Gasteiger partial charge in [0.1, 0.15) is 5.75 Å². The normalized spacial score (nSPS) is 10.4. The van der Waals surface area contributed by atoms with Crippen molar-refractivity contribution < 1.29 is 24.0 Å². The second-order valence-electron chi connectivity index (χ2n) is 6.11. The highest BCUT2D eigenvalue weighted by atomic mass is 35.5. The number of amides is 1. The van der Waals surface area contributed by atoms with Gasteiger partial charge in [-0.1, -0.05) is 43.6 Å². The lowest BCUT2D eigenvalue weighted by Gasteiger charge is -2.13. The molecule has 1 amide bonds. The second-order valence-corrected chi connectivity index (χ2v) is 6.52. The molecule has 0 saturated carbocycles. The third kappa shape index (κ3) is 5.95. The van der Waals surface area contributed by atoms with Crippen molar-refractivity contribution in [3.05, 3.63) is 63.2 Å². The van der Waals surface area contributed by atoms with Crippen molar-refractivity contribution in [2.45, 2.75) is 19.8 Å². The topological polar surface area (TPSA) is 108 Å². The summed E-state index contributed by atoms with van der Waals surface area (Å²) in [5.74, 6) is -0.531. The van der Waals surface area contributed by atoms with Gasteiger partial charge in [0.05, 0.1) is 15.6 Å². The number of nitrogens with one attached hydrogen (secondary N) is 1. The molecule has 0 aliphatic carbocycles. The van der Waals surface area contributed by atoms with Crippen LogP contribution in [0.1, 0.15) is 25.3 Å². The van der Waals surface area contributed by atoms with Gasteiger partial charge in [-0.25, -0.2) is 4.79 Å². The number of rotatable bonds is 8. The van der Waals surface area contributed by atoms with Gasteiger partial charge in [-0.05, 0) is 23.6 Å². The van der Waals surface area contributed by atoms with Crippen molar-refractivity contribution >= 4 is 34.9 Å². The van der Waals surface area contributed by atoms with Crippen LogP contribution in [0.25, 0.3) is 0 Å². The number of hydrogen-bond donors (Lipinski definition) is 1. The molecule has 0 aliphatic rings. The van der Waals surface area contributed by atoms with E-state index in [4.69, 9.17) is 21.1 Å². The van der Waals surface area contributed by atoms with E-state index < -0.39 is 23.4 Å². The highest BCUT2D eigenvalue weighted by Crippen LogP contribution is 2.27. The lowest BCUT2D eigenvalue weighted by molar-refractivity contribution is -0.384. The molecule has 2 rings (SSSR count). The Morgan fingerprint density at radius 2 is 1.89 bits per heavy atom. The first-order chi connectivity index (χ1) is 13.3. The molecule has 1 N–H and O–H groups in total. The Morgan fingerprint density at radius 1 is 1.18 bits per heavy atom. The number of esters is 1. The summed E-state index contributed by atoms with van der Waals surface area (Å²) in [4.78, 5) is 33.8. The average molecular weight is 407 g/mol. The molecule has 0 saturated heterocycles. The summed E-state index contributed by atoms with van der Waals surface area (Å²) in [5.41, 5.74) is 0.935. The summed E-state index contributed by atoms with van der Waals surface area (Å²) in [7, 11) is 0. The van der Waals surface area contributed by atoms with Crippen LogP contribution in [-0.4, -0.2) is 30.0 Å². The highest BCUT2D eigenvalue weighted by molar-refractivity contribution is 6.34. The minimum Gasteiger partial charge on any atom is -0.482 e. The van der Waals surface area contributed by atoms with Crippen molar-refractivity contribution in [2.24, 2.45) is 0 Å². The molecule has 0 unspecified atom stereocenters. The van der Waals surface area contributed by atoms with Crippen molar-refractivity contribution in [3.63, 3.8) is 0 Å². The van der Waals surface area contributed by atoms with Crippen molar-refractivity contribution in [1.82, 2.24) is 0 Å². The second kappa shape index (κ2) is 9.70. The Morgan fingerprint density at radius 3 is 2.54 bits per heavy atom. The maximum Gasteiger partial charge on any atom is 0.344 e. The minimum absolute atomic E-state index is 0.00232. The number of carbonyl (C=O) groups is 2. The molecule has 0 spiro atoms. The smallest absolute Gasteiger partial charge is 0.344 e. The number of nitro groups is 1. The van der Waals surface area contributed by atoms with Gasteiger partial charge in [-0.2, -0.15) is 0 Å². The Kier molecular flexibility index (Phi) is 7.34. The maximum atomic E-state index is 11.9. The van der Waals surface area contributed by atoms with Gasteiger partial charge in [0.15, 0.2) is 13.2 Å². The van der Waals surface area contributed by atoms with Gasteiger partial charge in [0.25, 0.3) is 11.6 Å². The van der Waals surface area contributed by atoms with Crippen molar-refractivity contribution in [1.29, 1.82) is 0 Å². The first-order valence-corrected chi connectivity index (χ1v) is 8.77. The molecule has 28 heavy (non-hydrogen) atoms. The monoisotopic (exact) mass is 406 g/mol. The van der Waals surface area contributed by atoms with Crippen LogP contribution >= 0.6 is 11.6 Å². The Labute approximate surface area is 166 Å². The van der Waals surface area contributed by atoms with Gasteiger partial charge in [-0.15, -0.1) is 0 Å². The van der Waals surface area contributed by atoms with Crippen LogP contribution in [-0.2, 0) is 14.3 Å². The summed E-state index contributed by atoms with van der Waals surface area (Å²) in [5, 5.41) is 13.1. The van der Waals surface area contributed by atoms with E-state index in [0.29, 0.717) is 5.75 Å². The molecule has 8 nitrogen and oxygen atoms in total. The molecular formula is C19H19ClN2O6. The van der Waals surface area contributed by atoms with E-state index >= 15 is 0 Å². The lowest BCUT2D eigenvalue weighted by Crippen LogP contribution is -2.24. The number of nitro benzene ring substituents is 1. The predicted molar refractivity (Wildman–Crippen MR) is 104 cm³/mol. The molecule has 2 aromatic rings. The largest absolute Gasteiger partial charge is 0.482 e. The van der Waals surface area contributed by atoms with Gasteiger partial charge in [0, 0.05) is 12.1 Å². The van der Waals surface area contributed by atoms with Gasteiger partial charge in [-0.3, -0.25) is 14.9 Å². The van der Waals surface area contributed by atoms with E-state index in [0.717, 1.165) is 11.6 Å². The number of anilines is 1. The molecule has 0 fully saturated rings. The summed E-state index contributed by atoms with van der Waals surface area (Å²) in [6.07, 6.45) is 0. The fraction of sp³-hybridized carbons (Fsp3) is 0.263. The highest BCUT2D eigenvalue weighted by Gasteiger charge is 2.14. The number of non-ortho nitro benzene ring substituents is 1. The molecule has 0 aliphatic heterocycles. The fourth-order valence-electron chi connectivity index (χ4n) is 2.32. The maximum absolute atomic E-state index is 11.9. The summed E-state index contributed by atoms with van der Waals surface area (Å²) < 4.78 is 10.3. The molecule has 9 heteroatoms. The molecule has 2 aromatic carbocycles. The number of carbonyl (C=O) groups excluding carboxylic acids is 2. The van der Waals surface area contributed by atoms with Gasteiger partial charge < -0.3 is 14.8 Å². The van der Waals surface area contributed by atoms with Crippen LogP contribution < -0.4 is 10.1 Å². The molecule has 0 heterocycles. The van der Waals surface area contributed by atoms with E-state index in [-0.39, 0.29) is 28.9 Å². The Bertz CT molecular complexity index is 884. The number of nitrogens with zero attached hydrogens (tertiary/aromatic N) is 1. The summed E-state index contributed by atoms with van der Waals surface area (Å²) in [6, 6.07) is 11.0. The van der Waals surface area contributed by atoms with Gasteiger partial charge >= 0.3 is 5.97 Å². The Hall–Kier alpha value is -3.13. The minimum atomic E-state index is -0.705. The first kappa shape index (κ1) is 21.2. The molecule has 0 aromatic heterocycles. The molecule has 0 atom stereocenters. The zero-order valence-corrected chi connectivity index (χ0v) is 16.1. The summed E-state index contributed by atoms with van der Waals surface area (Å²) in [6.45, 7) is 3.14. The number of ether oxygens (including phenoxy) is 2. The van der Waals surface area contributed by atoms with E-state index in [2.05, 4.69) is 5.32 Å². The van der Waals surface area contributed by atoms with E-state index in [1.165, 1.54) is 12.1 Å². The van der Waals surface area contributed by atoms with Crippen molar-refractivity contribution in [3.8, 4) is 5.75 Å². The third-order valence-electron chi connectivity index (χ3n) is 3.69. The third-order valence-corrected chi connectivity index (χ3v) is 4.00. The molecule has 0 bridgehead atoms. The fourth-order valence-corrected chi connectivity index (χ4v) is 2.54. The SMILES string of the molecule is CC(C)c1ccccc1OCC(=O)OCC(=O)Nc1ccc([N+](=O)[O-])cc1Cl. The van der Waals surface area contributed by atoms with E-state index in [1.807, 2.05) is 26.0 Å². The summed E-state index contributed by atoms with van der Waals surface area (Å²) >= 11 is 5.89. The van der Waals surface area contributed by atoms with Crippen molar-refractivity contribution in [2.75, 3.05) is 18.5 Å². The van der Waals surface area contributed by atoms with Crippen LogP contribution in [0.2, 0.25) is 5.02 Å². The zero-order chi connectivity index (χ0) is 20.7. The number of benzene rings is 2. The number of hydrogen-bond acceptors (Lipinski definition) is 6. The van der Waals surface area contributed by atoms with Gasteiger partial charge in [0.2, 0.25) is 0 Å². The van der Waals surface area contributed by atoms with E-state index in [9.17, 15) is 19.7 Å². The predicted octanol–water partition coefficient (Wildman–Crippen LogP) is 3.93. The number of halogens is 1. The van der Waals surface area contributed by atoms with Crippen LogP contribution in [0.5, 0.6) is 5.75 Å². The standard InChI is InChI=1S/C19H19ClN2O6/c1-12(2)14-5-3-4-6-17(14)27-11-19(24)28-10-18(23)21-16-8-7-13(22(25)26)9-15(16)20/h3-9,12H,10-11H2,1-2H3,(H,21,23). The van der Waals surface area contributed by atoms with Crippen LogP contribution in [0.15, 0.2) is 42.5 Å². The van der Waals surface area contributed by atoms with E-state index in [1.54, 1.807) is 12.1 Å². The van der Waals surface area contributed by atoms with Crippen LogP contribution in [0, 0.1) is 10.1 Å². The quantitative estimate of drug-likeness (QED) is 0.404. The molecular weight excluding hydrogens is 388 g/mol. The first-order valence-electron chi connectivity index (χ1n) is 8.39. The lowest BCUT2D eigenvalue weighted by atomic mass is 10.0. The van der Waals surface area contributed by atoms with Crippen LogP contribution in [0.3, 0.4) is 0 Å². The molecule has 148 valence electrons. The van der Waals surface area contributed by atoms with Crippen LogP contribution in [0.4, 0.5) is 11.4 Å². The average Bonchev–Trinajstić information content (AvgIpc) is 2.66. The Balaban J connectivity index is 1.83. The number of para-hydroxylation sites is 1. The molecule has 0 radical (unpaired) electrons. The zero-order valence-electron chi connectivity index (χ0n) is 15.3.